The van der Waals surface area contributed by atoms with Crippen molar-refractivity contribution in [3.8, 4) is 0 Å². The third-order valence-electron chi connectivity index (χ3n) is 3.47. The van der Waals surface area contributed by atoms with Gasteiger partial charge in [0.2, 0.25) is 0 Å². The summed E-state index contributed by atoms with van der Waals surface area (Å²) in [6.07, 6.45) is 1.76. The van der Waals surface area contributed by atoms with E-state index in [1.54, 1.807) is 24.3 Å². The van der Waals surface area contributed by atoms with Gasteiger partial charge < -0.3 is 10.6 Å². The Balaban J connectivity index is 1.78. The Morgan fingerprint density at radius 1 is 1.12 bits per heavy atom. The number of carbonyl (C=O) groups excluding carboxylic acids is 1. The second-order valence-corrected chi connectivity index (χ2v) is 7.68. The van der Waals surface area contributed by atoms with Crippen LogP contribution in [0.25, 0.3) is 6.08 Å². The summed E-state index contributed by atoms with van der Waals surface area (Å²) in [4.78, 5) is 12.8. The Kier molecular flexibility index (Phi) is 5.30. The zero-order valence-corrected chi connectivity index (χ0v) is 15.7. The Labute approximate surface area is 159 Å². The van der Waals surface area contributed by atoms with Crippen molar-refractivity contribution in [2.45, 2.75) is 12.4 Å². The minimum atomic E-state index is -0.271. The fourth-order valence-corrected chi connectivity index (χ4v) is 3.82. The number of aryl methyl sites for hydroxylation is 1. The van der Waals surface area contributed by atoms with Crippen molar-refractivity contribution < 1.29 is 4.79 Å². The lowest BCUT2D eigenvalue weighted by molar-refractivity contribution is -0.116. The molecule has 0 saturated carbocycles. The molecule has 0 spiro atoms. The maximum absolute atomic E-state index is 12.2. The summed E-state index contributed by atoms with van der Waals surface area (Å²) in [5, 5.41) is 7.86. The SMILES string of the molecule is Cc1ccc(Cl)cc1NC1NC(=O)/C(=C/c2ccc(Cl)cc2Cl)S1. The summed E-state index contributed by atoms with van der Waals surface area (Å²) in [5.41, 5.74) is 2.41. The van der Waals surface area contributed by atoms with Crippen LogP contribution in [-0.4, -0.2) is 11.4 Å². The second-order valence-electron chi connectivity index (χ2n) is 5.25. The average molecular weight is 400 g/mol. The highest BCUT2D eigenvalue weighted by atomic mass is 35.5. The van der Waals surface area contributed by atoms with Crippen LogP contribution < -0.4 is 10.6 Å². The smallest absolute Gasteiger partial charge is 0.260 e. The highest BCUT2D eigenvalue weighted by Gasteiger charge is 2.27. The first-order chi connectivity index (χ1) is 11.4. The van der Waals surface area contributed by atoms with Gasteiger partial charge in [0.05, 0.1) is 4.91 Å². The number of halogens is 3. The monoisotopic (exact) mass is 398 g/mol. The van der Waals surface area contributed by atoms with Gasteiger partial charge in [0.25, 0.3) is 5.91 Å². The molecular formula is C17H13Cl3N2OS. The molecule has 2 N–H and O–H groups in total. The Hall–Kier alpha value is -1.33. The molecule has 1 amide bonds. The number of anilines is 1. The van der Waals surface area contributed by atoms with Gasteiger partial charge >= 0.3 is 0 Å². The van der Waals surface area contributed by atoms with E-state index in [0.29, 0.717) is 20.0 Å². The lowest BCUT2D eigenvalue weighted by Gasteiger charge is -2.15. The van der Waals surface area contributed by atoms with Crippen LogP contribution in [0.3, 0.4) is 0 Å². The van der Waals surface area contributed by atoms with E-state index >= 15 is 0 Å². The predicted octanol–water partition coefficient (Wildman–Crippen LogP) is 5.55. The van der Waals surface area contributed by atoms with E-state index in [0.717, 1.165) is 16.8 Å². The summed E-state index contributed by atoms with van der Waals surface area (Å²) >= 11 is 19.5. The predicted molar refractivity (Wildman–Crippen MR) is 104 cm³/mol. The second kappa shape index (κ2) is 7.28. The molecule has 1 aliphatic rings. The third-order valence-corrected chi connectivity index (χ3v) is 5.29. The molecular weight excluding hydrogens is 387 g/mol. The molecule has 1 saturated heterocycles. The Morgan fingerprint density at radius 2 is 1.83 bits per heavy atom. The molecule has 0 aromatic heterocycles. The van der Waals surface area contributed by atoms with Crippen LogP contribution in [0.1, 0.15) is 11.1 Å². The van der Waals surface area contributed by atoms with E-state index in [2.05, 4.69) is 10.6 Å². The van der Waals surface area contributed by atoms with Crippen LogP contribution in [0, 0.1) is 6.92 Å². The number of benzene rings is 2. The van der Waals surface area contributed by atoms with Gasteiger partial charge in [-0.15, -0.1) is 0 Å². The van der Waals surface area contributed by atoms with Crippen LogP contribution in [0.4, 0.5) is 5.69 Å². The summed E-state index contributed by atoms with van der Waals surface area (Å²) in [5.74, 6) is -0.150. The maximum Gasteiger partial charge on any atom is 0.260 e. The lowest BCUT2D eigenvalue weighted by atomic mass is 10.2. The Morgan fingerprint density at radius 3 is 2.58 bits per heavy atom. The molecule has 2 aromatic rings. The van der Waals surface area contributed by atoms with Crippen LogP contribution in [0.2, 0.25) is 15.1 Å². The van der Waals surface area contributed by atoms with Crippen molar-refractivity contribution in [2.24, 2.45) is 0 Å². The van der Waals surface area contributed by atoms with Gasteiger partial charge in [0.1, 0.15) is 0 Å². The first-order valence-electron chi connectivity index (χ1n) is 7.09. The molecule has 1 fully saturated rings. The molecule has 2 aromatic carbocycles. The molecule has 1 unspecified atom stereocenters. The first-order valence-corrected chi connectivity index (χ1v) is 9.11. The number of amides is 1. The van der Waals surface area contributed by atoms with Gasteiger partial charge in [-0.05, 0) is 48.4 Å². The lowest BCUT2D eigenvalue weighted by Crippen LogP contribution is -2.31. The molecule has 1 aliphatic heterocycles. The number of carbonyl (C=O) groups is 1. The van der Waals surface area contributed by atoms with Crippen LogP contribution in [-0.2, 0) is 4.79 Å². The van der Waals surface area contributed by atoms with Gasteiger partial charge in [-0.3, -0.25) is 4.79 Å². The molecule has 0 aliphatic carbocycles. The molecule has 0 bridgehead atoms. The number of hydrogen-bond donors (Lipinski definition) is 2. The van der Waals surface area contributed by atoms with Gasteiger partial charge in [0, 0.05) is 20.8 Å². The normalized spacial score (nSPS) is 18.8. The average Bonchev–Trinajstić information content (AvgIpc) is 2.85. The number of hydrogen-bond acceptors (Lipinski definition) is 3. The van der Waals surface area contributed by atoms with Gasteiger partial charge in [0.15, 0.2) is 5.50 Å². The molecule has 1 heterocycles. The highest BCUT2D eigenvalue weighted by Crippen LogP contribution is 2.33. The van der Waals surface area contributed by atoms with Crippen molar-refractivity contribution >= 4 is 64.2 Å². The van der Waals surface area contributed by atoms with Crippen molar-refractivity contribution in [2.75, 3.05) is 5.32 Å². The summed E-state index contributed by atoms with van der Waals surface area (Å²) in [6, 6.07) is 10.8. The van der Waals surface area contributed by atoms with Crippen molar-refractivity contribution in [1.82, 2.24) is 5.32 Å². The Bertz CT molecular complexity index is 839. The summed E-state index contributed by atoms with van der Waals surface area (Å²) in [7, 11) is 0. The minimum absolute atomic E-state index is 0.150. The largest absolute Gasteiger partial charge is 0.356 e. The van der Waals surface area contributed by atoms with Crippen LogP contribution in [0.15, 0.2) is 41.3 Å². The standard InChI is InChI=1S/C17H13Cl3N2OS/c1-9-2-4-12(19)8-14(9)21-17-22-16(23)15(24-17)6-10-3-5-11(18)7-13(10)20/h2-8,17,21H,1H3,(H,22,23)/b15-6-. The van der Waals surface area contributed by atoms with E-state index in [4.69, 9.17) is 34.8 Å². The number of rotatable bonds is 3. The highest BCUT2D eigenvalue weighted by molar-refractivity contribution is 8.05. The first kappa shape index (κ1) is 17.5. The van der Waals surface area contributed by atoms with Gasteiger partial charge in [-0.1, -0.05) is 58.7 Å². The molecule has 3 nitrogen and oxygen atoms in total. The van der Waals surface area contributed by atoms with Crippen LogP contribution >= 0.6 is 46.6 Å². The topological polar surface area (TPSA) is 41.1 Å². The van der Waals surface area contributed by atoms with Gasteiger partial charge in [-0.2, -0.15) is 0 Å². The number of nitrogens with one attached hydrogen (secondary N) is 2. The van der Waals surface area contributed by atoms with E-state index in [1.807, 2.05) is 25.1 Å². The fourth-order valence-electron chi connectivity index (χ4n) is 2.22. The van der Waals surface area contributed by atoms with E-state index in [9.17, 15) is 4.79 Å². The third kappa shape index (κ3) is 4.01. The number of thioether (sulfide) groups is 1. The molecule has 24 heavy (non-hydrogen) atoms. The molecule has 124 valence electrons. The van der Waals surface area contributed by atoms with Crippen molar-refractivity contribution in [3.63, 3.8) is 0 Å². The maximum atomic E-state index is 12.2. The molecule has 0 radical (unpaired) electrons. The van der Waals surface area contributed by atoms with Crippen LogP contribution in [0.5, 0.6) is 0 Å². The molecule has 3 rings (SSSR count). The summed E-state index contributed by atoms with van der Waals surface area (Å²) < 4.78 is 0. The quantitative estimate of drug-likeness (QED) is 0.664. The van der Waals surface area contributed by atoms with E-state index in [-0.39, 0.29) is 11.4 Å². The van der Waals surface area contributed by atoms with Crippen molar-refractivity contribution in [1.29, 1.82) is 0 Å². The molecule has 1 atom stereocenters. The van der Waals surface area contributed by atoms with E-state index in [1.165, 1.54) is 11.8 Å². The zero-order chi connectivity index (χ0) is 17.3. The van der Waals surface area contributed by atoms with E-state index < -0.39 is 0 Å². The minimum Gasteiger partial charge on any atom is -0.356 e. The summed E-state index contributed by atoms with van der Waals surface area (Å²) in [6.45, 7) is 1.98. The molecule has 7 heteroatoms. The van der Waals surface area contributed by atoms with Crippen molar-refractivity contribution in [3.05, 3.63) is 67.5 Å². The zero-order valence-electron chi connectivity index (χ0n) is 12.6. The fraction of sp³-hybridized carbons (Fsp3) is 0.118. The van der Waals surface area contributed by atoms with Gasteiger partial charge in [-0.25, -0.2) is 0 Å².